The lowest BCUT2D eigenvalue weighted by molar-refractivity contribution is -0.146. The molecule has 0 saturated carbocycles. The molecule has 1 heterocycles. The van der Waals surface area contributed by atoms with Crippen LogP contribution >= 0.6 is 0 Å². The minimum absolute atomic E-state index is 0.209. The van der Waals surface area contributed by atoms with Gasteiger partial charge in [-0.15, -0.1) is 0 Å². The second-order valence-corrected chi connectivity index (χ2v) is 4.55. The molecule has 1 aromatic rings. The third kappa shape index (κ3) is 5.83. The highest BCUT2D eigenvalue weighted by Gasteiger charge is 2.20. The summed E-state index contributed by atoms with van der Waals surface area (Å²) >= 11 is 0. The third-order valence-electron chi connectivity index (χ3n) is 2.91. The SMILES string of the molecule is COCCN(CC(C)C(=O)OC)C(=O)/C=C/c1ccco1. The molecule has 1 rings (SSSR count). The molecule has 0 aliphatic rings. The average Bonchev–Trinajstić information content (AvgIpc) is 3.01. The fraction of sp³-hybridized carbons (Fsp3) is 0.467. The molecule has 1 amide bonds. The first-order valence-electron chi connectivity index (χ1n) is 6.65. The van der Waals surface area contributed by atoms with Crippen molar-refractivity contribution >= 4 is 18.0 Å². The van der Waals surface area contributed by atoms with Gasteiger partial charge in [-0.2, -0.15) is 0 Å². The number of nitrogens with zero attached hydrogens (tertiary/aromatic N) is 1. The lowest BCUT2D eigenvalue weighted by atomic mass is 10.1. The van der Waals surface area contributed by atoms with Crippen LogP contribution in [0.25, 0.3) is 6.08 Å². The third-order valence-corrected chi connectivity index (χ3v) is 2.91. The van der Waals surface area contributed by atoms with Crippen molar-refractivity contribution in [3.63, 3.8) is 0 Å². The molecule has 1 atom stereocenters. The summed E-state index contributed by atoms with van der Waals surface area (Å²) in [5.41, 5.74) is 0. The Morgan fingerprint density at radius 1 is 1.43 bits per heavy atom. The van der Waals surface area contributed by atoms with Crippen LogP contribution in [0.3, 0.4) is 0 Å². The average molecular weight is 295 g/mol. The number of hydrogen-bond acceptors (Lipinski definition) is 5. The molecular weight excluding hydrogens is 274 g/mol. The standard InChI is InChI=1S/C15H21NO5/c1-12(15(18)20-3)11-16(8-10-19-2)14(17)7-6-13-5-4-9-21-13/h4-7,9,12H,8,10-11H2,1-3H3/b7-6+. The lowest BCUT2D eigenvalue weighted by Gasteiger charge is -2.23. The smallest absolute Gasteiger partial charge is 0.310 e. The van der Waals surface area contributed by atoms with Gasteiger partial charge in [0, 0.05) is 26.3 Å². The molecule has 6 heteroatoms. The van der Waals surface area contributed by atoms with Crippen LogP contribution in [0.4, 0.5) is 0 Å². The van der Waals surface area contributed by atoms with Crippen LogP contribution < -0.4 is 0 Å². The number of rotatable bonds is 8. The predicted molar refractivity (Wildman–Crippen MR) is 77.4 cm³/mol. The number of ether oxygens (including phenoxy) is 2. The molecule has 6 nitrogen and oxygen atoms in total. The minimum atomic E-state index is -0.396. The van der Waals surface area contributed by atoms with Crippen molar-refractivity contribution in [2.75, 3.05) is 33.9 Å². The maximum atomic E-state index is 12.2. The molecule has 21 heavy (non-hydrogen) atoms. The summed E-state index contributed by atoms with van der Waals surface area (Å²) in [6, 6.07) is 3.49. The number of methoxy groups -OCH3 is 2. The van der Waals surface area contributed by atoms with E-state index in [2.05, 4.69) is 4.74 Å². The van der Waals surface area contributed by atoms with Gasteiger partial charge in [-0.05, 0) is 18.2 Å². The number of carbonyl (C=O) groups excluding carboxylic acids is 2. The Labute approximate surface area is 124 Å². The first-order valence-corrected chi connectivity index (χ1v) is 6.65. The predicted octanol–water partition coefficient (Wildman–Crippen LogP) is 1.58. The first kappa shape index (κ1) is 17.0. The molecule has 0 saturated heterocycles. The van der Waals surface area contributed by atoms with E-state index in [1.807, 2.05) is 0 Å². The summed E-state index contributed by atoms with van der Waals surface area (Å²) in [5.74, 6) is -0.358. The number of amides is 1. The van der Waals surface area contributed by atoms with Gasteiger partial charge >= 0.3 is 5.97 Å². The van der Waals surface area contributed by atoms with E-state index in [0.717, 1.165) is 0 Å². The molecule has 0 fully saturated rings. The van der Waals surface area contributed by atoms with Gasteiger partial charge in [0.1, 0.15) is 5.76 Å². The fourth-order valence-electron chi connectivity index (χ4n) is 1.74. The molecule has 0 spiro atoms. The van der Waals surface area contributed by atoms with Gasteiger partial charge in [0.05, 0.1) is 25.9 Å². The normalized spacial score (nSPS) is 12.3. The van der Waals surface area contributed by atoms with Crippen molar-refractivity contribution in [1.82, 2.24) is 4.90 Å². The van der Waals surface area contributed by atoms with Gasteiger partial charge in [0.2, 0.25) is 5.91 Å². The number of carbonyl (C=O) groups is 2. The molecule has 0 N–H and O–H groups in total. The van der Waals surface area contributed by atoms with E-state index in [4.69, 9.17) is 9.15 Å². The first-order chi connectivity index (χ1) is 10.1. The monoisotopic (exact) mass is 295 g/mol. The second kappa shape index (κ2) is 8.97. The lowest BCUT2D eigenvalue weighted by Crippen LogP contribution is -2.38. The summed E-state index contributed by atoms with van der Waals surface area (Å²) in [4.78, 5) is 25.2. The highest BCUT2D eigenvalue weighted by molar-refractivity contribution is 5.91. The van der Waals surface area contributed by atoms with Crippen molar-refractivity contribution in [3.05, 3.63) is 30.2 Å². The van der Waals surface area contributed by atoms with E-state index in [-0.39, 0.29) is 18.4 Å². The van der Waals surface area contributed by atoms with E-state index in [1.165, 1.54) is 19.4 Å². The van der Waals surface area contributed by atoms with Crippen LogP contribution in [0, 0.1) is 5.92 Å². The van der Waals surface area contributed by atoms with E-state index in [9.17, 15) is 9.59 Å². The Bertz CT molecular complexity index is 466. The maximum absolute atomic E-state index is 12.2. The molecule has 116 valence electrons. The highest BCUT2D eigenvalue weighted by atomic mass is 16.5. The van der Waals surface area contributed by atoms with Crippen molar-refractivity contribution in [3.8, 4) is 0 Å². The Hall–Kier alpha value is -2.08. The van der Waals surface area contributed by atoms with Crippen LogP contribution in [-0.2, 0) is 19.1 Å². The van der Waals surface area contributed by atoms with E-state index < -0.39 is 5.92 Å². The van der Waals surface area contributed by atoms with Crippen LogP contribution in [-0.4, -0.2) is 50.7 Å². The molecule has 0 aliphatic carbocycles. The summed E-state index contributed by atoms with van der Waals surface area (Å²) in [7, 11) is 2.89. The van der Waals surface area contributed by atoms with Gasteiger partial charge in [-0.3, -0.25) is 9.59 Å². The van der Waals surface area contributed by atoms with Crippen molar-refractivity contribution in [2.24, 2.45) is 5.92 Å². The molecule has 0 aromatic carbocycles. The van der Waals surface area contributed by atoms with Crippen LogP contribution in [0.1, 0.15) is 12.7 Å². The van der Waals surface area contributed by atoms with E-state index in [1.54, 1.807) is 37.1 Å². The molecule has 0 bridgehead atoms. The maximum Gasteiger partial charge on any atom is 0.310 e. The number of furan rings is 1. The topological polar surface area (TPSA) is 69.0 Å². The van der Waals surface area contributed by atoms with Crippen molar-refractivity contribution in [1.29, 1.82) is 0 Å². The van der Waals surface area contributed by atoms with Crippen LogP contribution in [0.2, 0.25) is 0 Å². The fourth-order valence-corrected chi connectivity index (χ4v) is 1.74. The summed E-state index contributed by atoms with van der Waals surface area (Å²) in [6.07, 6.45) is 4.54. The van der Waals surface area contributed by atoms with Crippen molar-refractivity contribution < 1.29 is 23.5 Å². The highest BCUT2D eigenvalue weighted by Crippen LogP contribution is 2.06. The zero-order valence-electron chi connectivity index (χ0n) is 12.6. The van der Waals surface area contributed by atoms with E-state index >= 15 is 0 Å². The Kier molecular flexibility index (Phi) is 7.25. The summed E-state index contributed by atoms with van der Waals surface area (Å²) in [5, 5.41) is 0. The van der Waals surface area contributed by atoms with Crippen LogP contribution in [0.5, 0.6) is 0 Å². The zero-order chi connectivity index (χ0) is 15.7. The number of esters is 1. The molecule has 1 aromatic heterocycles. The van der Waals surface area contributed by atoms with Gasteiger partial charge in [0.15, 0.2) is 0 Å². The van der Waals surface area contributed by atoms with Gasteiger partial charge in [0.25, 0.3) is 0 Å². The molecule has 0 radical (unpaired) electrons. The quantitative estimate of drug-likeness (QED) is 0.538. The number of hydrogen-bond donors (Lipinski definition) is 0. The summed E-state index contributed by atoms with van der Waals surface area (Å²) in [6.45, 7) is 2.79. The Balaban J connectivity index is 2.66. The van der Waals surface area contributed by atoms with E-state index in [0.29, 0.717) is 18.9 Å². The second-order valence-electron chi connectivity index (χ2n) is 4.55. The molecule has 1 unspecified atom stereocenters. The van der Waals surface area contributed by atoms with Crippen molar-refractivity contribution in [2.45, 2.75) is 6.92 Å². The van der Waals surface area contributed by atoms with Gasteiger partial charge in [-0.25, -0.2) is 0 Å². The molecular formula is C15H21NO5. The Morgan fingerprint density at radius 3 is 2.76 bits per heavy atom. The van der Waals surface area contributed by atoms with Gasteiger partial charge in [-0.1, -0.05) is 6.92 Å². The zero-order valence-corrected chi connectivity index (χ0v) is 12.6. The largest absolute Gasteiger partial charge is 0.469 e. The molecule has 0 aliphatic heterocycles. The summed E-state index contributed by atoms with van der Waals surface area (Å²) < 4.78 is 14.8. The minimum Gasteiger partial charge on any atom is -0.469 e. The van der Waals surface area contributed by atoms with Crippen LogP contribution in [0.15, 0.2) is 28.9 Å². The van der Waals surface area contributed by atoms with Gasteiger partial charge < -0.3 is 18.8 Å². The Morgan fingerprint density at radius 2 is 2.19 bits per heavy atom.